The van der Waals surface area contributed by atoms with Crippen molar-refractivity contribution in [1.82, 2.24) is 0 Å². The van der Waals surface area contributed by atoms with E-state index in [0.717, 1.165) is 5.56 Å². The summed E-state index contributed by atoms with van der Waals surface area (Å²) < 4.78 is 12.6. The number of hydrogen-bond acceptors (Lipinski definition) is 2. The van der Waals surface area contributed by atoms with E-state index < -0.39 is 0 Å². The fourth-order valence-electron chi connectivity index (χ4n) is 1.41. The molecule has 1 aliphatic rings. The number of oxime groups is 1. The molecule has 1 saturated carbocycles. The standard InChI is InChI=1S/C12H14FNO/c13-12-6-4-11(5-7-12)9-15-14-8-10-2-1-3-10/h4-8,10H,1-3,9H2. The van der Waals surface area contributed by atoms with Gasteiger partial charge in [-0.25, -0.2) is 4.39 Å². The second-order valence-corrected chi connectivity index (χ2v) is 3.85. The molecule has 3 heteroatoms. The molecule has 0 aromatic heterocycles. The Bertz CT molecular complexity index is 330. The van der Waals surface area contributed by atoms with Crippen molar-refractivity contribution in [2.75, 3.05) is 0 Å². The lowest BCUT2D eigenvalue weighted by Crippen LogP contribution is -2.11. The molecule has 0 atom stereocenters. The van der Waals surface area contributed by atoms with Crippen LogP contribution in [-0.2, 0) is 11.4 Å². The van der Waals surface area contributed by atoms with Gasteiger partial charge in [0.2, 0.25) is 0 Å². The third kappa shape index (κ3) is 3.05. The summed E-state index contributed by atoms with van der Waals surface area (Å²) in [5.74, 6) is 0.384. The minimum Gasteiger partial charge on any atom is -0.391 e. The summed E-state index contributed by atoms with van der Waals surface area (Å²) in [7, 11) is 0. The van der Waals surface area contributed by atoms with Crippen LogP contribution in [0.15, 0.2) is 29.4 Å². The van der Waals surface area contributed by atoms with Gasteiger partial charge in [-0.3, -0.25) is 0 Å². The first-order valence-electron chi connectivity index (χ1n) is 5.24. The van der Waals surface area contributed by atoms with Gasteiger partial charge in [0.25, 0.3) is 0 Å². The third-order valence-corrected chi connectivity index (χ3v) is 2.64. The van der Waals surface area contributed by atoms with Crippen LogP contribution >= 0.6 is 0 Å². The molecule has 0 amide bonds. The first-order valence-corrected chi connectivity index (χ1v) is 5.24. The minimum atomic E-state index is -0.225. The lowest BCUT2D eigenvalue weighted by Gasteiger charge is -2.19. The van der Waals surface area contributed by atoms with E-state index >= 15 is 0 Å². The van der Waals surface area contributed by atoms with Crippen LogP contribution in [0.3, 0.4) is 0 Å². The van der Waals surface area contributed by atoms with E-state index in [0.29, 0.717) is 12.5 Å². The van der Waals surface area contributed by atoms with E-state index in [4.69, 9.17) is 4.84 Å². The van der Waals surface area contributed by atoms with Gasteiger partial charge in [-0.05, 0) is 36.5 Å². The fourth-order valence-corrected chi connectivity index (χ4v) is 1.41. The van der Waals surface area contributed by atoms with Crippen molar-refractivity contribution in [1.29, 1.82) is 0 Å². The molecule has 2 rings (SSSR count). The molecule has 0 unspecified atom stereocenters. The Hall–Kier alpha value is -1.38. The van der Waals surface area contributed by atoms with Gasteiger partial charge in [-0.1, -0.05) is 23.7 Å². The van der Waals surface area contributed by atoms with Crippen molar-refractivity contribution in [2.24, 2.45) is 11.1 Å². The highest BCUT2D eigenvalue weighted by Gasteiger charge is 2.14. The molecule has 0 N–H and O–H groups in total. The summed E-state index contributed by atoms with van der Waals surface area (Å²) in [5.41, 5.74) is 0.933. The summed E-state index contributed by atoms with van der Waals surface area (Å²) in [4.78, 5) is 5.11. The Morgan fingerprint density at radius 3 is 2.67 bits per heavy atom. The quantitative estimate of drug-likeness (QED) is 0.549. The summed E-state index contributed by atoms with van der Waals surface area (Å²) in [5, 5.41) is 3.89. The van der Waals surface area contributed by atoms with Crippen molar-refractivity contribution in [3.05, 3.63) is 35.6 Å². The Labute approximate surface area is 88.7 Å². The number of nitrogens with zero attached hydrogens (tertiary/aromatic N) is 1. The van der Waals surface area contributed by atoms with E-state index in [-0.39, 0.29) is 5.82 Å². The molecule has 15 heavy (non-hydrogen) atoms. The summed E-state index contributed by atoms with van der Waals surface area (Å²) in [6, 6.07) is 6.26. The molecule has 1 aromatic rings. The van der Waals surface area contributed by atoms with Gasteiger partial charge in [-0.15, -0.1) is 0 Å². The Balaban J connectivity index is 1.72. The van der Waals surface area contributed by atoms with E-state index in [1.54, 1.807) is 12.1 Å². The van der Waals surface area contributed by atoms with Crippen LogP contribution in [-0.4, -0.2) is 6.21 Å². The van der Waals surface area contributed by atoms with Crippen LogP contribution in [0, 0.1) is 11.7 Å². The van der Waals surface area contributed by atoms with Gasteiger partial charge in [0.15, 0.2) is 0 Å². The van der Waals surface area contributed by atoms with Crippen LogP contribution in [0.5, 0.6) is 0 Å². The maximum Gasteiger partial charge on any atom is 0.142 e. The lowest BCUT2D eigenvalue weighted by atomic mass is 9.87. The number of hydrogen-bond donors (Lipinski definition) is 0. The van der Waals surface area contributed by atoms with Gasteiger partial charge in [0, 0.05) is 6.21 Å². The van der Waals surface area contributed by atoms with E-state index in [9.17, 15) is 4.39 Å². The molecule has 2 nitrogen and oxygen atoms in total. The van der Waals surface area contributed by atoms with E-state index in [2.05, 4.69) is 5.16 Å². The SMILES string of the molecule is Fc1ccc(CON=CC2CCC2)cc1. The van der Waals surface area contributed by atoms with Crippen molar-refractivity contribution >= 4 is 6.21 Å². The molecule has 1 aromatic carbocycles. The first kappa shape index (κ1) is 10.1. The zero-order valence-electron chi connectivity index (χ0n) is 8.53. The minimum absolute atomic E-state index is 0.225. The molecule has 80 valence electrons. The average molecular weight is 207 g/mol. The Morgan fingerprint density at radius 2 is 2.07 bits per heavy atom. The predicted octanol–water partition coefficient (Wildman–Crippen LogP) is 3.13. The van der Waals surface area contributed by atoms with E-state index in [1.165, 1.54) is 31.4 Å². The molecule has 1 fully saturated rings. The summed E-state index contributed by atoms with van der Waals surface area (Å²) >= 11 is 0. The second-order valence-electron chi connectivity index (χ2n) is 3.85. The summed E-state index contributed by atoms with van der Waals surface area (Å²) in [6.45, 7) is 0.406. The molecule has 0 aliphatic heterocycles. The molecular weight excluding hydrogens is 193 g/mol. The van der Waals surface area contributed by atoms with Gasteiger partial charge in [-0.2, -0.15) is 0 Å². The molecule has 0 heterocycles. The first-order chi connectivity index (χ1) is 7.34. The highest BCUT2D eigenvalue weighted by molar-refractivity contribution is 5.60. The van der Waals surface area contributed by atoms with Crippen molar-refractivity contribution in [2.45, 2.75) is 25.9 Å². The zero-order chi connectivity index (χ0) is 10.5. The van der Waals surface area contributed by atoms with Gasteiger partial charge in [0.05, 0.1) is 0 Å². The normalized spacial score (nSPS) is 16.6. The largest absolute Gasteiger partial charge is 0.391 e. The molecule has 0 bridgehead atoms. The number of rotatable bonds is 4. The van der Waals surface area contributed by atoms with Crippen LogP contribution in [0.25, 0.3) is 0 Å². The lowest BCUT2D eigenvalue weighted by molar-refractivity contribution is 0.129. The molecule has 0 saturated heterocycles. The van der Waals surface area contributed by atoms with Gasteiger partial charge >= 0.3 is 0 Å². The highest BCUT2D eigenvalue weighted by atomic mass is 19.1. The molecular formula is C12H14FNO. The highest BCUT2D eigenvalue weighted by Crippen LogP contribution is 2.24. The number of halogens is 1. The molecule has 0 spiro atoms. The average Bonchev–Trinajstić information content (AvgIpc) is 2.18. The molecule has 1 aliphatic carbocycles. The third-order valence-electron chi connectivity index (χ3n) is 2.64. The molecule has 0 radical (unpaired) electrons. The van der Waals surface area contributed by atoms with Crippen molar-refractivity contribution in [3.63, 3.8) is 0 Å². The predicted molar refractivity (Wildman–Crippen MR) is 57.0 cm³/mol. The van der Waals surface area contributed by atoms with Crippen molar-refractivity contribution in [3.8, 4) is 0 Å². The topological polar surface area (TPSA) is 21.6 Å². The fraction of sp³-hybridized carbons (Fsp3) is 0.417. The Kier molecular flexibility index (Phi) is 3.33. The second kappa shape index (κ2) is 4.91. The van der Waals surface area contributed by atoms with Crippen LogP contribution in [0.2, 0.25) is 0 Å². The van der Waals surface area contributed by atoms with E-state index in [1.807, 2.05) is 6.21 Å². The van der Waals surface area contributed by atoms with Gasteiger partial charge < -0.3 is 4.84 Å². The number of benzene rings is 1. The van der Waals surface area contributed by atoms with Crippen molar-refractivity contribution < 1.29 is 9.23 Å². The van der Waals surface area contributed by atoms with Crippen LogP contribution < -0.4 is 0 Å². The summed E-state index contributed by atoms with van der Waals surface area (Å²) in [6.07, 6.45) is 5.62. The monoisotopic (exact) mass is 207 g/mol. The van der Waals surface area contributed by atoms with Crippen LogP contribution in [0.4, 0.5) is 4.39 Å². The Morgan fingerprint density at radius 1 is 1.33 bits per heavy atom. The smallest absolute Gasteiger partial charge is 0.142 e. The maximum absolute atomic E-state index is 12.6. The van der Waals surface area contributed by atoms with Gasteiger partial charge in [0.1, 0.15) is 12.4 Å². The zero-order valence-corrected chi connectivity index (χ0v) is 8.53. The van der Waals surface area contributed by atoms with Crippen LogP contribution in [0.1, 0.15) is 24.8 Å². The maximum atomic E-state index is 12.6.